The number of aliphatic hydroxyl groups excluding tert-OH is 1. The van der Waals surface area contributed by atoms with Crippen LogP contribution in [0.2, 0.25) is 0 Å². The van der Waals surface area contributed by atoms with Gasteiger partial charge in [-0.25, -0.2) is 0 Å². The molecular formula is C14H22N2O3. The van der Waals surface area contributed by atoms with Crippen LogP contribution in [0.4, 0.5) is 0 Å². The van der Waals surface area contributed by atoms with Crippen molar-refractivity contribution in [1.29, 1.82) is 0 Å². The highest BCUT2D eigenvalue weighted by atomic mass is 16.5. The molecule has 1 aromatic rings. The van der Waals surface area contributed by atoms with Crippen molar-refractivity contribution in [2.24, 2.45) is 5.73 Å². The van der Waals surface area contributed by atoms with Crippen LogP contribution in [-0.4, -0.2) is 41.7 Å². The molecule has 0 aromatic heterocycles. The number of carbonyl (C=O) groups is 1. The minimum absolute atomic E-state index is 0.0651. The van der Waals surface area contributed by atoms with Crippen LogP contribution in [0.3, 0.4) is 0 Å². The molecular weight excluding hydrogens is 244 g/mol. The smallest absolute Gasteiger partial charge is 0.252 e. The molecule has 0 saturated carbocycles. The van der Waals surface area contributed by atoms with E-state index in [-0.39, 0.29) is 18.6 Å². The van der Waals surface area contributed by atoms with E-state index >= 15 is 0 Å². The molecule has 0 heterocycles. The largest absolute Gasteiger partial charge is 0.491 e. The van der Waals surface area contributed by atoms with Crippen LogP contribution in [0.1, 0.15) is 19.4 Å². The number of carbonyl (C=O) groups excluding carboxylic acids is 1. The van der Waals surface area contributed by atoms with Crippen molar-refractivity contribution in [1.82, 2.24) is 4.90 Å². The molecule has 0 aliphatic rings. The third kappa shape index (κ3) is 4.89. The fraction of sp³-hybridized carbons (Fsp3) is 0.500. The molecule has 106 valence electrons. The van der Waals surface area contributed by atoms with Crippen molar-refractivity contribution < 1.29 is 14.6 Å². The molecule has 3 N–H and O–H groups in total. The van der Waals surface area contributed by atoms with Crippen molar-refractivity contribution in [3.63, 3.8) is 0 Å². The topological polar surface area (TPSA) is 75.8 Å². The lowest BCUT2D eigenvalue weighted by molar-refractivity contribution is -0.138. The van der Waals surface area contributed by atoms with Gasteiger partial charge in [0.25, 0.3) is 5.91 Å². The Bertz CT molecular complexity index is 404. The van der Waals surface area contributed by atoms with Crippen molar-refractivity contribution in [2.75, 3.05) is 13.6 Å². The fourth-order valence-corrected chi connectivity index (χ4v) is 1.65. The van der Waals surface area contributed by atoms with E-state index in [2.05, 4.69) is 0 Å². The molecule has 19 heavy (non-hydrogen) atoms. The minimum Gasteiger partial charge on any atom is -0.491 e. The van der Waals surface area contributed by atoms with Crippen LogP contribution < -0.4 is 10.5 Å². The summed E-state index contributed by atoms with van der Waals surface area (Å²) in [5.41, 5.74) is 6.22. The van der Waals surface area contributed by atoms with E-state index in [0.717, 1.165) is 11.3 Å². The molecule has 1 unspecified atom stereocenters. The van der Waals surface area contributed by atoms with Crippen LogP contribution in [0.25, 0.3) is 0 Å². The lowest BCUT2D eigenvalue weighted by atomic mass is 10.2. The first-order chi connectivity index (χ1) is 8.93. The summed E-state index contributed by atoms with van der Waals surface area (Å²) in [7, 11) is 1.64. The van der Waals surface area contributed by atoms with Gasteiger partial charge in [0.05, 0.1) is 6.10 Å². The van der Waals surface area contributed by atoms with E-state index in [0.29, 0.717) is 6.54 Å². The van der Waals surface area contributed by atoms with Gasteiger partial charge in [0.1, 0.15) is 11.9 Å². The number of rotatable bonds is 6. The highest BCUT2D eigenvalue weighted by Gasteiger charge is 2.17. The number of amides is 1. The van der Waals surface area contributed by atoms with Gasteiger partial charge in [-0.2, -0.15) is 0 Å². The van der Waals surface area contributed by atoms with Gasteiger partial charge < -0.3 is 20.5 Å². The Balaban J connectivity index is 2.60. The zero-order valence-electron chi connectivity index (χ0n) is 11.7. The Hall–Kier alpha value is -1.59. The van der Waals surface area contributed by atoms with Crippen molar-refractivity contribution in [3.8, 4) is 5.75 Å². The van der Waals surface area contributed by atoms with Gasteiger partial charge in [0.15, 0.2) is 0 Å². The first-order valence-corrected chi connectivity index (χ1v) is 6.32. The summed E-state index contributed by atoms with van der Waals surface area (Å²) in [4.78, 5) is 13.1. The molecule has 5 heteroatoms. The number of aliphatic hydroxyl groups is 1. The van der Waals surface area contributed by atoms with Crippen LogP contribution in [0.5, 0.6) is 5.75 Å². The Kier molecular flexibility index (Phi) is 5.79. The normalized spacial score (nSPS) is 12.3. The molecule has 1 aromatic carbocycles. The predicted octanol–water partition coefficient (Wildman–Crippen LogP) is 0.752. The van der Waals surface area contributed by atoms with Gasteiger partial charge in [-0.3, -0.25) is 4.79 Å². The van der Waals surface area contributed by atoms with Crippen molar-refractivity contribution in [3.05, 3.63) is 29.8 Å². The average Bonchev–Trinajstić information content (AvgIpc) is 2.38. The molecule has 0 aliphatic heterocycles. The SMILES string of the molecule is CC(C)Oc1ccc(CN(C)C(=O)C(O)CN)cc1. The molecule has 0 aliphatic carbocycles. The van der Waals surface area contributed by atoms with Crippen LogP contribution in [0, 0.1) is 0 Å². The lowest BCUT2D eigenvalue weighted by Gasteiger charge is -2.20. The maximum atomic E-state index is 11.7. The molecule has 1 amide bonds. The van der Waals surface area contributed by atoms with Crippen molar-refractivity contribution in [2.45, 2.75) is 32.6 Å². The third-order valence-corrected chi connectivity index (χ3v) is 2.60. The quantitative estimate of drug-likeness (QED) is 0.796. The molecule has 1 rings (SSSR count). The summed E-state index contributed by atoms with van der Waals surface area (Å²) in [6.07, 6.45) is -0.997. The Labute approximate surface area is 114 Å². The number of hydrogen-bond acceptors (Lipinski definition) is 4. The van der Waals surface area contributed by atoms with E-state index in [1.165, 1.54) is 4.90 Å². The van der Waals surface area contributed by atoms with Gasteiger partial charge in [0.2, 0.25) is 0 Å². The zero-order chi connectivity index (χ0) is 14.4. The summed E-state index contributed by atoms with van der Waals surface area (Å²) < 4.78 is 5.54. The second-order valence-electron chi connectivity index (χ2n) is 4.76. The second kappa shape index (κ2) is 7.11. The summed E-state index contributed by atoms with van der Waals surface area (Å²) in [5.74, 6) is 0.430. The number of nitrogens with zero attached hydrogens (tertiary/aromatic N) is 1. The van der Waals surface area contributed by atoms with Gasteiger partial charge in [-0.15, -0.1) is 0 Å². The van der Waals surface area contributed by atoms with E-state index in [1.807, 2.05) is 38.1 Å². The Morgan fingerprint density at radius 1 is 1.37 bits per heavy atom. The fourth-order valence-electron chi connectivity index (χ4n) is 1.65. The summed E-state index contributed by atoms with van der Waals surface area (Å²) in [6, 6.07) is 7.53. The zero-order valence-corrected chi connectivity index (χ0v) is 11.7. The standard InChI is InChI=1S/C14H22N2O3/c1-10(2)19-12-6-4-11(5-7-12)9-16(3)14(18)13(17)8-15/h4-7,10,13,17H,8-9,15H2,1-3H3. The molecule has 0 bridgehead atoms. The van der Waals surface area contributed by atoms with Crippen molar-refractivity contribution >= 4 is 5.91 Å². The number of nitrogens with two attached hydrogens (primary N) is 1. The third-order valence-electron chi connectivity index (χ3n) is 2.60. The Morgan fingerprint density at radius 3 is 2.42 bits per heavy atom. The second-order valence-corrected chi connectivity index (χ2v) is 4.76. The molecule has 0 saturated heterocycles. The number of hydrogen-bond donors (Lipinski definition) is 2. The summed E-state index contributed by atoms with van der Waals surface area (Å²) >= 11 is 0. The number of benzene rings is 1. The monoisotopic (exact) mass is 266 g/mol. The van der Waals surface area contributed by atoms with E-state index < -0.39 is 6.10 Å². The Morgan fingerprint density at radius 2 is 1.95 bits per heavy atom. The predicted molar refractivity (Wildman–Crippen MR) is 73.7 cm³/mol. The van der Waals surface area contributed by atoms with Gasteiger partial charge in [-0.05, 0) is 31.5 Å². The van der Waals surface area contributed by atoms with Gasteiger partial charge in [0, 0.05) is 20.1 Å². The van der Waals surface area contributed by atoms with E-state index in [4.69, 9.17) is 10.5 Å². The minimum atomic E-state index is -1.13. The van der Waals surface area contributed by atoms with E-state index in [1.54, 1.807) is 7.05 Å². The summed E-state index contributed by atoms with van der Waals surface area (Å²) in [6.45, 7) is 4.30. The average molecular weight is 266 g/mol. The summed E-state index contributed by atoms with van der Waals surface area (Å²) in [5, 5.41) is 9.38. The van der Waals surface area contributed by atoms with Gasteiger partial charge >= 0.3 is 0 Å². The van der Waals surface area contributed by atoms with Crippen LogP contribution in [0.15, 0.2) is 24.3 Å². The maximum Gasteiger partial charge on any atom is 0.252 e. The molecule has 5 nitrogen and oxygen atoms in total. The number of likely N-dealkylation sites (N-methyl/N-ethyl adjacent to an activating group) is 1. The van der Waals surface area contributed by atoms with Crippen LogP contribution >= 0.6 is 0 Å². The molecule has 0 radical (unpaired) electrons. The van der Waals surface area contributed by atoms with E-state index in [9.17, 15) is 9.90 Å². The van der Waals surface area contributed by atoms with Crippen LogP contribution in [-0.2, 0) is 11.3 Å². The lowest BCUT2D eigenvalue weighted by Crippen LogP contribution is -2.40. The molecule has 0 spiro atoms. The number of ether oxygens (including phenoxy) is 1. The van der Waals surface area contributed by atoms with Gasteiger partial charge in [-0.1, -0.05) is 12.1 Å². The maximum absolute atomic E-state index is 11.7. The molecule has 0 fully saturated rings. The first kappa shape index (κ1) is 15.5. The first-order valence-electron chi connectivity index (χ1n) is 6.32. The molecule has 1 atom stereocenters. The highest BCUT2D eigenvalue weighted by molar-refractivity contribution is 5.80. The highest BCUT2D eigenvalue weighted by Crippen LogP contribution is 2.15.